The summed E-state index contributed by atoms with van der Waals surface area (Å²) < 4.78 is 13.1. The van der Waals surface area contributed by atoms with Gasteiger partial charge >= 0.3 is 0 Å². The van der Waals surface area contributed by atoms with Crippen molar-refractivity contribution in [1.82, 2.24) is 0 Å². The fraction of sp³-hybridized carbons (Fsp3) is 0.588. The van der Waals surface area contributed by atoms with Gasteiger partial charge in [0.05, 0.1) is 16.7 Å². The first-order chi connectivity index (χ1) is 10.2. The van der Waals surface area contributed by atoms with Gasteiger partial charge in [-0.15, -0.1) is 0 Å². The van der Waals surface area contributed by atoms with E-state index in [0.717, 1.165) is 48.8 Å². The van der Waals surface area contributed by atoms with Crippen molar-refractivity contribution in [2.75, 3.05) is 6.61 Å². The van der Waals surface area contributed by atoms with Crippen LogP contribution in [-0.2, 0) is 4.74 Å². The molecular weight excluding hydrogens is 332 g/mol. The van der Waals surface area contributed by atoms with Crippen LogP contribution >= 0.6 is 15.9 Å². The van der Waals surface area contributed by atoms with E-state index in [9.17, 15) is 4.79 Å². The predicted octanol–water partition coefficient (Wildman–Crippen LogP) is 4.52. The molecule has 1 aliphatic heterocycles. The van der Waals surface area contributed by atoms with E-state index in [1.54, 1.807) is 12.1 Å². The molecule has 0 N–H and O–H groups in total. The normalized spacial score (nSPS) is 24.7. The molecule has 0 radical (unpaired) electrons. The largest absolute Gasteiger partial charge is 0.489 e. The van der Waals surface area contributed by atoms with Gasteiger partial charge in [0, 0.05) is 18.4 Å². The third kappa shape index (κ3) is 3.49. The van der Waals surface area contributed by atoms with Crippen LogP contribution in [0.15, 0.2) is 22.7 Å². The number of rotatable bonds is 3. The van der Waals surface area contributed by atoms with Gasteiger partial charge in [-0.1, -0.05) is 19.3 Å². The summed E-state index contributed by atoms with van der Waals surface area (Å²) in [5, 5.41) is 0. The molecule has 1 atom stereocenters. The fourth-order valence-electron chi connectivity index (χ4n) is 3.49. The number of benzene rings is 1. The quantitative estimate of drug-likeness (QED) is 0.750. The number of ether oxygens (including phenoxy) is 2. The van der Waals surface area contributed by atoms with Crippen molar-refractivity contribution in [3.63, 3.8) is 0 Å². The molecule has 2 fully saturated rings. The van der Waals surface area contributed by atoms with Gasteiger partial charge in [-0.25, -0.2) is 0 Å². The van der Waals surface area contributed by atoms with E-state index >= 15 is 0 Å². The molecule has 3 nitrogen and oxygen atoms in total. The van der Waals surface area contributed by atoms with Gasteiger partial charge < -0.3 is 9.47 Å². The van der Waals surface area contributed by atoms with Crippen molar-refractivity contribution in [1.29, 1.82) is 0 Å². The summed E-state index contributed by atoms with van der Waals surface area (Å²) in [6.07, 6.45) is 9.16. The van der Waals surface area contributed by atoms with Gasteiger partial charge in [-0.3, -0.25) is 4.79 Å². The topological polar surface area (TPSA) is 35.5 Å². The second kappa shape index (κ2) is 6.49. The second-order valence-electron chi connectivity index (χ2n) is 6.13. The smallest absolute Gasteiger partial charge is 0.150 e. The Morgan fingerprint density at radius 3 is 2.81 bits per heavy atom. The van der Waals surface area contributed by atoms with Crippen LogP contribution in [0.1, 0.15) is 55.3 Å². The predicted molar refractivity (Wildman–Crippen MR) is 84.9 cm³/mol. The van der Waals surface area contributed by atoms with Crippen molar-refractivity contribution >= 4 is 22.2 Å². The molecule has 3 rings (SSSR count). The third-order valence-electron chi connectivity index (χ3n) is 4.60. The lowest BCUT2D eigenvalue weighted by Crippen LogP contribution is -2.45. The number of carbonyl (C=O) groups excluding carboxylic acids is 1. The Bertz CT molecular complexity index is 503. The van der Waals surface area contributed by atoms with Crippen LogP contribution in [-0.4, -0.2) is 24.6 Å². The molecule has 1 spiro atoms. The van der Waals surface area contributed by atoms with Crippen molar-refractivity contribution in [2.45, 2.75) is 56.7 Å². The summed E-state index contributed by atoms with van der Waals surface area (Å²) >= 11 is 3.49. The molecular formula is C17H21BrO3. The zero-order chi connectivity index (χ0) is 14.7. The molecule has 1 heterocycles. The zero-order valence-electron chi connectivity index (χ0n) is 12.1. The molecule has 1 aromatic carbocycles. The minimum absolute atomic E-state index is 0.0520. The first kappa shape index (κ1) is 15.0. The average Bonchev–Trinajstić information content (AvgIpc) is 2.50. The molecule has 21 heavy (non-hydrogen) atoms. The Morgan fingerprint density at radius 2 is 2.10 bits per heavy atom. The summed E-state index contributed by atoms with van der Waals surface area (Å²) in [6.45, 7) is 0.786. The number of hydrogen-bond acceptors (Lipinski definition) is 3. The Kier molecular flexibility index (Phi) is 4.65. The molecule has 1 saturated heterocycles. The van der Waals surface area contributed by atoms with Gasteiger partial charge in [-0.05, 0) is 47.0 Å². The average molecular weight is 353 g/mol. The molecule has 1 saturated carbocycles. The Hall–Kier alpha value is -0.870. The second-order valence-corrected chi connectivity index (χ2v) is 6.99. The van der Waals surface area contributed by atoms with E-state index in [4.69, 9.17) is 9.47 Å². The molecule has 1 aliphatic carbocycles. The molecule has 1 unspecified atom stereocenters. The monoisotopic (exact) mass is 352 g/mol. The van der Waals surface area contributed by atoms with E-state index in [0.29, 0.717) is 5.56 Å². The maximum absolute atomic E-state index is 10.8. The van der Waals surface area contributed by atoms with Gasteiger partial charge in [-0.2, -0.15) is 0 Å². The van der Waals surface area contributed by atoms with E-state index < -0.39 is 0 Å². The van der Waals surface area contributed by atoms with Crippen molar-refractivity contribution < 1.29 is 14.3 Å². The Balaban J connectivity index is 1.68. The Labute approximate surface area is 134 Å². The van der Waals surface area contributed by atoms with Gasteiger partial charge in [0.25, 0.3) is 0 Å². The van der Waals surface area contributed by atoms with Crippen molar-refractivity contribution in [2.24, 2.45) is 0 Å². The lowest BCUT2D eigenvalue weighted by Gasteiger charge is -2.43. The van der Waals surface area contributed by atoms with Crippen LogP contribution in [0.2, 0.25) is 0 Å². The van der Waals surface area contributed by atoms with E-state index in [1.165, 1.54) is 19.3 Å². The van der Waals surface area contributed by atoms with Crippen LogP contribution in [0.4, 0.5) is 0 Å². The lowest BCUT2D eigenvalue weighted by atomic mass is 9.79. The summed E-state index contributed by atoms with van der Waals surface area (Å²) in [6, 6.07) is 5.47. The highest BCUT2D eigenvalue weighted by Gasteiger charge is 2.39. The SMILES string of the molecule is O=Cc1ccc(OC2CCOC3(CCCCC3)C2)c(Br)c1. The first-order valence-corrected chi connectivity index (χ1v) is 8.55. The number of aldehydes is 1. The maximum Gasteiger partial charge on any atom is 0.150 e. The summed E-state index contributed by atoms with van der Waals surface area (Å²) in [5.74, 6) is 0.818. The molecule has 0 aromatic heterocycles. The van der Waals surface area contributed by atoms with Gasteiger partial charge in [0.15, 0.2) is 0 Å². The van der Waals surface area contributed by atoms with E-state index in [1.807, 2.05) is 6.07 Å². The maximum atomic E-state index is 10.8. The van der Waals surface area contributed by atoms with Gasteiger partial charge in [0.2, 0.25) is 0 Å². The first-order valence-electron chi connectivity index (χ1n) is 7.76. The summed E-state index contributed by atoms with van der Waals surface area (Å²) in [4.78, 5) is 10.8. The van der Waals surface area contributed by atoms with Crippen LogP contribution in [0.5, 0.6) is 5.75 Å². The molecule has 0 amide bonds. The Morgan fingerprint density at radius 1 is 1.29 bits per heavy atom. The lowest BCUT2D eigenvalue weighted by molar-refractivity contribution is -0.129. The van der Waals surface area contributed by atoms with E-state index in [2.05, 4.69) is 15.9 Å². The zero-order valence-corrected chi connectivity index (χ0v) is 13.7. The van der Waals surface area contributed by atoms with Crippen LogP contribution < -0.4 is 4.74 Å². The molecule has 114 valence electrons. The fourth-order valence-corrected chi connectivity index (χ4v) is 3.98. The minimum Gasteiger partial charge on any atom is -0.489 e. The number of halogens is 1. The van der Waals surface area contributed by atoms with Crippen LogP contribution in [0.25, 0.3) is 0 Å². The molecule has 0 bridgehead atoms. The summed E-state index contributed by atoms with van der Waals surface area (Å²) in [5.41, 5.74) is 0.709. The number of hydrogen-bond donors (Lipinski definition) is 0. The molecule has 2 aliphatic rings. The van der Waals surface area contributed by atoms with Crippen molar-refractivity contribution in [3.8, 4) is 5.75 Å². The highest BCUT2D eigenvalue weighted by Crippen LogP contribution is 2.40. The third-order valence-corrected chi connectivity index (χ3v) is 5.22. The van der Waals surface area contributed by atoms with Crippen LogP contribution in [0.3, 0.4) is 0 Å². The standard InChI is InChI=1S/C17H21BrO3/c18-15-10-13(12-19)4-5-16(15)21-14-6-9-20-17(11-14)7-2-1-3-8-17/h4-5,10,12,14H,1-3,6-9,11H2. The highest BCUT2D eigenvalue weighted by atomic mass is 79.9. The number of carbonyl (C=O) groups is 1. The van der Waals surface area contributed by atoms with Gasteiger partial charge in [0.1, 0.15) is 18.1 Å². The highest BCUT2D eigenvalue weighted by molar-refractivity contribution is 9.10. The van der Waals surface area contributed by atoms with E-state index in [-0.39, 0.29) is 11.7 Å². The van der Waals surface area contributed by atoms with Crippen molar-refractivity contribution in [3.05, 3.63) is 28.2 Å². The summed E-state index contributed by atoms with van der Waals surface area (Å²) in [7, 11) is 0. The molecule has 4 heteroatoms. The molecule has 1 aromatic rings. The van der Waals surface area contributed by atoms with Crippen LogP contribution in [0, 0.1) is 0 Å². The minimum atomic E-state index is 0.0520.